The monoisotopic (exact) mass is 492 g/mol. The number of benzene rings is 3. The summed E-state index contributed by atoms with van der Waals surface area (Å²) in [5.74, 6) is 1.02. The van der Waals surface area contributed by atoms with E-state index < -0.39 is 11.9 Å². The largest absolute Gasteiger partial charge is 0.493 e. The molecule has 1 aliphatic rings. The molecule has 0 fully saturated rings. The molecule has 3 aromatic carbocycles. The van der Waals surface area contributed by atoms with Gasteiger partial charge < -0.3 is 29.4 Å². The molecule has 0 amide bonds. The SMILES string of the molecule is COc1ccc(C2C(C#N)=C(N)Oc3cc(OC(=O)COc4ccc(Cl)cc4)ccc32)cc1OC. The third kappa shape index (κ3) is 5.10. The number of nitriles is 1. The first kappa shape index (κ1) is 23.8. The van der Waals surface area contributed by atoms with Crippen molar-refractivity contribution in [1.29, 1.82) is 5.26 Å². The number of fused-ring (bicyclic) bond motifs is 1. The number of methoxy groups -OCH3 is 2. The fourth-order valence-corrected chi connectivity index (χ4v) is 3.83. The highest BCUT2D eigenvalue weighted by molar-refractivity contribution is 6.30. The minimum Gasteiger partial charge on any atom is -0.493 e. The Morgan fingerprint density at radius 2 is 1.74 bits per heavy atom. The molecule has 1 heterocycles. The summed E-state index contributed by atoms with van der Waals surface area (Å²) in [6.45, 7) is -0.297. The van der Waals surface area contributed by atoms with E-state index in [1.165, 1.54) is 7.11 Å². The molecular formula is C26H21ClN2O6. The van der Waals surface area contributed by atoms with E-state index in [1.54, 1.807) is 61.7 Å². The number of carbonyl (C=O) groups is 1. The van der Waals surface area contributed by atoms with Crippen molar-refractivity contribution in [2.24, 2.45) is 5.73 Å². The third-order valence-corrected chi connectivity index (χ3v) is 5.59. The van der Waals surface area contributed by atoms with Gasteiger partial charge in [-0.1, -0.05) is 23.7 Å². The number of halogens is 1. The molecule has 0 saturated carbocycles. The summed E-state index contributed by atoms with van der Waals surface area (Å²) in [4.78, 5) is 12.3. The Balaban J connectivity index is 1.57. The number of carbonyl (C=O) groups excluding carboxylic acids is 1. The van der Waals surface area contributed by atoms with Crippen LogP contribution in [0, 0.1) is 11.3 Å². The van der Waals surface area contributed by atoms with Crippen LogP contribution in [0.4, 0.5) is 0 Å². The summed E-state index contributed by atoms with van der Waals surface area (Å²) < 4.78 is 27.2. The Kier molecular flexibility index (Phi) is 6.99. The van der Waals surface area contributed by atoms with Crippen LogP contribution < -0.4 is 29.4 Å². The fraction of sp³-hybridized carbons (Fsp3) is 0.154. The molecule has 1 atom stereocenters. The molecule has 178 valence electrons. The summed E-state index contributed by atoms with van der Waals surface area (Å²) in [7, 11) is 3.08. The lowest BCUT2D eigenvalue weighted by atomic mass is 9.83. The van der Waals surface area contributed by atoms with Crippen molar-refractivity contribution in [3.63, 3.8) is 0 Å². The Morgan fingerprint density at radius 1 is 1.03 bits per heavy atom. The Labute approximate surface area is 207 Å². The standard InChI is InChI=1S/C26H21ClN2O6/c1-31-21-10-3-15(11-23(21)32-2)25-19-9-8-18(12-22(19)35-26(29)20(25)13-28)34-24(30)14-33-17-6-4-16(27)5-7-17/h3-12,25H,14,29H2,1-2H3. The van der Waals surface area contributed by atoms with Crippen LogP contribution in [-0.4, -0.2) is 26.8 Å². The van der Waals surface area contributed by atoms with Crippen molar-refractivity contribution < 1.29 is 28.5 Å². The van der Waals surface area contributed by atoms with Crippen LogP contribution in [0.3, 0.4) is 0 Å². The average Bonchev–Trinajstić information content (AvgIpc) is 2.87. The Morgan fingerprint density at radius 3 is 2.43 bits per heavy atom. The van der Waals surface area contributed by atoms with E-state index in [9.17, 15) is 10.1 Å². The van der Waals surface area contributed by atoms with Gasteiger partial charge in [0, 0.05) is 16.7 Å². The van der Waals surface area contributed by atoms with E-state index in [0.29, 0.717) is 33.6 Å². The molecule has 1 aliphatic heterocycles. The van der Waals surface area contributed by atoms with Gasteiger partial charge in [-0.3, -0.25) is 0 Å². The molecule has 9 heteroatoms. The zero-order valence-corrected chi connectivity index (χ0v) is 19.7. The van der Waals surface area contributed by atoms with Gasteiger partial charge in [-0.25, -0.2) is 4.79 Å². The zero-order chi connectivity index (χ0) is 24.9. The van der Waals surface area contributed by atoms with Gasteiger partial charge in [0.15, 0.2) is 18.1 Å². The molecule has 0 aliphatic carbocycles. The van der Waals surface area contributed by atoms with Crippen LogP contribution in [-0.2, 0) is 4.79 Å². The maximum atomic E-state index is 12.3. The van der Waals surface area contributed by atoms with E-state index in [0.717, 1.165) is 5.56 Å². The average molecular weight is 493 g/mol. The molecule has 0 aromatic heterocycles. The predicted octanol–water partition coefficient (Wildman–Crippen LogP) is 4.56. The molecule has 35 heavy (non-hydrogen) atoms. The second-order valence-corrected chi connectivity index (χ2v) is 7.89. The number of hydrogen-bond acceptors (Lipinski definition) is 8. The highest BCUT2D eigenvalue weighted by atomic mass is 35.5. The summed E-state index contributed by atoms with van der Waals surface area (Å²) in [6, 6.07) is 19.0. The van der Waals surface area contributed by atoms with Crippen molar-refractivity contribution in [2.45, 2.75) is 5.92 Å². The van der Waals surface area contributed by atoms with Crippen molar-refractivity contribution in [3.05, 3.63) is 88.3 Å². The number of ether oxygens (including phenoxy) is 5. The first-order valence-corrected chi connectivity index (χ1v) is 10.8. The van der Waals surface area contributed by atoms with Gasteiger partial charge in [0.05, 0.1) is 20.1 Å². The minimum absolute atomic E-state index is 0.0330. The second kappa shape index (κ2) is 10.3. The molecule has 1 unspecified atom stereocenters. The maximum absolute atomic E-state index is 12.3. The number of hydrogen-bond donors (Lipinski definition) is 1. The molecule has 8 nitrogen and oxygen atoms in total. The number of rotatable bonds is 7. The normalized spacial score (nSPS) is 14.3. The molecule has 2 N–H and O–H groups in total. The maximum Gasteiger partial charge on any atom is 0.349 e. The molecule has 0 bridgehead atoms. The van der Waals surface area contributed by atoms with Gasteiger partial charge in [0.1, 0.15) is 28.9 Å². The number of nitrogens with two attached hydrogens (primary N) is 1. The van der Waals surface area contributed by atoms with Gasteiger partial charge in [-0.2, -0.15) is 5.26 Å². The highest BCUT2D eigenvalue weighted by Crippen LogP contribution is 2.45. The van der Waals surface area contributed by atoms with Gasteiger partial charge in [0.2, 0.25) is 5.88 Å². The topological polar surface area (TPSA) is 113 Å². The van der Waals surface area contributed by atoms with E-state index >= 15 is 0 Å². The summed E-state index contributed by atoms with van der Waals surface area (Å²) in [6.07, 6.45) is 0. The third-order valence-electron chi connectivity index (χ3n) is 5.33. The number of nitrogens with zero attached hydrogens (tertiary/aromatic N) is 1. The molecule has 0 spiro atoms. The lowest BCUT2D eigenvalue weighted by Gasteiger charge is -2.27. The molecule has 0 radical (unpaired) electrons. The van der Waals surface area contributed by atoms with E-state index in [-0.39, 0.29) is 23.8 Å². The zero-order valence-electron chi connectivity index (χ0n) is 18.9. The lowest BCUT2D eigenvalue weighted by Crippen LogP contribution is -2.21. The van der Waals surface area contributed by atoms with Gasteiger partial charge in [0.25, 0.3) is 0 Å². The van der Waals surface area contributed by atoms with Crippen molar-refractivity contribution in [1.82, 2.24) is 0 Å². The predicted molar refractivity (Wildman–Crippen MR) is 128 cm³/mol. The molecule has 0 saturated heterocycles. The molecule has 3 aromatic rings. The van der Waals surface area contributed by atoms with Crippen LogP contribution in [0.2, 0.25) is 5.02 Å². The smallest absolute Gasteiger partial charge is 0.349 e. The highest BCUT2D eigenvalue weighted by Gasteiger charge is 2.31. The molecular weight excluding hydrogens is 472 g/mol. The van der Waals surface area contributed by atoms with Gasteiger partial charge in [-0.15, -0.1) is 0 Å². The lowest BCUT2D eigenvalue weighted by molar-refractivity contribution is -0.136. The Hall–Kier alpha value is -4.35. The van der Waals surface area contributed by atoms with E-state index in [2.05, 4.69) is 6.07 Å². The van der Waals surface area contributed by atoms with Crippen LogP contribution in [0.5, 0.6) is 28.7 Å². The van der Waals surface area contributed by atoms with Crippen molar-refractivity contribution in [2.75, 3.05) is 20.8 Å². The quantitative estimate of drug-likeness (QED) is 0.377. The number of allylic oxidation sites excluding steroid dienone is 1. The fourth-order valence-electron chi connectivity index (χ4n) is 3.71. The minimum atomic E-state index is -0.603. The number of esters is 1. The van der Waals surface area contributed by atoms with Crippen LogP contribution in [0.15, 0.2) is 72.1 Å². The van der Waals surface area contributed by atoms with E-state index in [1.807, 2.05) is 6.07 Å². The second-order valence-electron chi connectivity index (χ2n) is 7.46. The van der Waals surface area contributed by atoms with Crippen LogP contribution in [0.25, 0.3) is 0 Å². The van der Waals surface area contributed by atoms with Crippen molar-refractivity contribution >= 4 is 17.6 Å². The molecule has 4 rings (SSSR count). The first-order chi connectivity index (χ1) is 16.9. The van der Waals surface area contributed by atoms with Crippen LogP contribution >= 0.6 is 11.6 Å². The summed E-state index contributed by atoms with van der Waals surface area (Å²) >= 11 is 5.85. The van der Waals surface area contributed by atoms with Crippen LogP contribution in [0.1, 0.15) is 17.0 Å². The summed E-state index contributed by atoms with van der Waals surface area (Å²) in [5.41, 5.74) is 7.77. The van der Waals surface area contributed by atoms with E-state index in [4.69, 9.17) is 41.0 Å². The van der Waals surface area contributed by atoms with Crippen molar-refractivity contribution in [3.8, 4) is 34.8 Å². The first-order valence-electron chi connectivity index (χ1n) is 10.5. The summed E-state index contributed by atoms with van der Waals surface area (Å²) in [5, 5.41) is 10.3. The van der Waals surface area contributed by atoms with Gasteiger partial charge >= 0.3 is 5.97 Å². The van der Waals surface area contributed by atoms with Gasteiger partial charge in [-0.05, 0) is 48.0 Å². The Bertz CT molecular complexity index is 1330.